The zero-order valence-corrected chi connectivity index (χ0v) is 15.3. The van der Waals surface area contributed by atoms with Gasteiger partial charge in [0.05, 0.1) is 32.9 Å². The van der Waals surface area contributed by atoms with Crippen molar-refractivity contribution in [2.24, 2.45) is 5.92 Å². The summed E-state index contributed by atoms with van der Waals surface area (Å²) in [5.41, 5.74) is 2.47. The Morgan fingerprint density at radius 3 is 3.00 bits per heavy atom. The molecule has 26 heavy (non-hydrogen) atoms. The highest BCUT2D eigenvalue weighted by atomic mass is 32.2. The topological polar surface area (TPSA) is 108 Å². The van der Waals surface area contributed by atoms with Gasteiger partial charge < -0.3 is 10.1 Å². The SMILES string of the molecule is O=C(O)CSc1cnc(NC(=O)c2c[nH]c3c(CC4CC4)nccc23)s1. The van der Waals surface area contributed by atoms with E-state index in [0.717, 1.165) is 27.2 Å². The van der Waals surface area contributed by atoms with Gasteiger partial charge in [-0.25, -0.2) is 4.98 Å². The predicted molar refractivity (Wildman–Crippen MR) is 101 cm³/mol. The molecule has 3 heterocycles. The van der Waals surface area contributed by atoms with Crippen molar-refractivity contribution in [1.29, 1.82) is 0 Å². The second-order valence-electron chi connectivity index (χ2n) is 6.15. The van der Waals surface area contributed by atoms with Gasteiger partial charge in [0.1, 0.15) is 0 Å². The van der Waals surface area contributed by atoms with Crippen LogP contribution in [0.5, 0.6) is 0 Å². The molecule has 0 spiro atoms. The molecule has 3 aromatic rings. The van der Waals surface area contributed by atoms with E-state index in [2.05, 4.69) is 20.3 Å². The number of nitrogens with zero attached hydrogens (tertiary/aromatic N) is 2. The summed E-state index contributed by atoms with van der Waals surface area (Å²) >= 11 is 2.44. The third-order valence-corrected chi connectivity index (χ3v) is 6.24. The summed E-state index contributed by atoms with van der Waals surface area (Å²) in [7, 11) is 0. The molecule has 0 unspecified atom stereocenters. The number of thiazole rings is 1. The van der Waals surface area contributed by atoms with Crippen molar-refractivity contribution in [2.45, 2.75) is 23.5 Å². The van der Waals surface area contributed by atoms with Crippen LogP contribution in [0.2, 0.25) is 0 Å². The average molecular weight is 388 g/mol. The number of carbonyl (C=O) groups is 2. The fourth-order valence-corrected chi connectivity index (χ4v) is 4.32. The highest BCUT2D eigenvalue weighted by Crippen LogP contribution is 2.34. The van der Waals surface area contributed by atoms with Gasteiger partial charge in [0.15, 0.2) is 5.13 Å². The van der Waals surface area contributed by atoms with Gasteiger partial charge in [-0.05, 0) is 31.2 Å². The van der Waals surface area contributed by atoms with Crippen LogP contribution in [0.25, 0.3) is 10.9 Å². The van der Waals surface area contributed by atoms with E-state index < -0.39 is 5.97 Å². The Bertz CT molecular complexity index is 977. The summed E-state index contributed by atoms with van der Waals surface area (Å²) in [6.07, 6.45) is 8.45. The van der Waals surface area contributed by atoms with Gasteiger partial charge in [-0.15, -0.1) is 11.8 Å². The number of aliphatic carboxylic acids is 1. The Kier molecular flexibility index (Phi) is 4.64. The summed E-state index contributed by atoms with van der Waals surface area (Å²) in [6.45, 7) is 0. The molecule has 4 rings (SSSR count). The number of aromatic amines is 1. The number of anilines is 1. The fourth-order valence-electron chi connectivity index (χ4n) is 2.73. The molecule has 3 N–H and O–H groups in total. The average Bonchev–Trinajstić information content (AvgIpc) is 3.14. The summed E-state index contributed by atoms with van der Waals surface area (Å²) in [6, 6.07) is 1.84. The number of aromatic nitrogens is 3. The Hall–Kier alpha value is -2.39. The van der Waals surface area contributed by atoms with Crippen LogP contribution in [0.3, 0.4) is 0 Å². The first kappa shape index (κ1) is 17.0. The van der Waals surface area contributed by atoms with Crippen molar-refractivity contribution in [3.05, 3.63) is 35.9 Å². The monoisotopic (exact) mass is 388 g/mol. The number of carboxylic acid groups (broad SMARTS) is 1. The van der Waals surface area contributed by atoms with Crippen LogP contribution in [0.4, 0.5) is 5.13 Å². The molecule has 9 heteroatoms. The number of amides is 1. The lowest BCUT2D eigenvalue weighted by atomic mass is 10.1. The van der Waals surface area contributed by atoms with E-state index in [-0.39, 0.29) is 11.7 Å². The molecule has 0 aliphatic heterocycles. The maximum absolute atomic E-state index is 12.6. The smallest absolute Gasteiger partial charge is 0.313 e. The summed E-state index contributed by atoms with van der Waals surface area (Å²) < 4.78 is 0.748. The molecule has 134 valence electrons. The number of pyridine rings is 1. The normalized spacial score (nSPS) is 13.8. The van der Waals surface area contributed by atoms with E-state index in [4.69, 9.17) is 5.11 Å². The molecule has 1 amide bonds. The lowest BCUT2D eigenvalue weighted by Crippen LogP contribution is -2.11. The summed E-state index contributed by atoms with van der Waals surface area (Å²) in [5, 5.41) is 12.8. The fraction of sp³-hybridized carbons (Fsp3) is 0.294. The molecule has 1 saturated carbocycles. The van der Waals surface area contributed by atoms with Crippen molar-refractivity contribution in [3.63, 3.8) is 0 Å². The van der Waals surface area contributed by atoms with Crippen molar-refractivity contribution < 1.29 is 14.7 Å². The second kappa shape index (κ2) is 7.08. The second-order valence-corrected chi connectivity index (χ2v) is 8.46. The van der Waals surface area contributed by atoms with Gasteiger partial charge in [0.25, 0.3) is 5.91 Å². The van der Waals surface area contributed by atoms with E-state index >= 15 is 0 Å². The van der Waals surface area contributed by atoms with Gasteiger partial charge >= 0.3 is 5.97 Å². The number of hydrogen-bond donors (Lipinski definition) is 3. The zero-order chi connectivity index (χ0) is 18.1. The van der Waals surface area contributed by atoms with Gasteiger partial charge in [-0.3, -0.25) is 19.9 Å². The molecule has 1 aliphatic rings. The van der Waals surface area contributed by atoms with Crippen LogP contribution in [-0.4, -0.2) is 37.7 Å². The van der Waals surface area contributed by atoms with Crippen molar-refractivity contribution >= 4 is 51.0 Å². The molecule has 1 aliphatic carbocycles. The first-order valence-electron chi connectivity index (χ1n) is 8.17. The molecule has 7 nitrogen and oxygen atoms in total. The number of carbonyl (C=O) groups excluding carboxylic acids is 1. The highest BCUT2D eigenvalue weighted by molar-refractivity contribution is 8.01. The number of nitrogens with one attached hydrogen (secondary N) is 2. The van der Waals surface area contributed by atoms with Gasteiger partial charge in [-0.1, -0.05) is 11.3 Å². The Balaban J connectivity index is 1.50. The largest absolute Gasteiger partial charge is 0.481 e. The number of carboxylic acids is 1. The van der Waals surface area contributed by atoms with E-state index in [1.165, 1.54) is 35.9 Å². The first-order chi connectivity index (χ1) is 12.6. The molecule has 1 fully saturated rings. The third kappa shape index (κ3) is 3.73. The molecule has 0 aromatic carbocycles. The lowest BCUT2D eigenvalue weighted by molar-refractivity contribution is -0.133. The van der Waals surface area contributed by atoms with E-state index in [1.807, 2.05) is 6.07 Å². The quantitative estimate of drug-likeness (QED) is 0.535. The Labute approximate surface area is 157 Å². The maximum Gasteiger partial charge on any atom is 0.313 e. The van der Waals surface area contributed by atoms with Gasteiger partial charge in [0, 0.05) is 17.8 Å². The van der Waals surface area contributed by atoms with E-state index in [1.54, 1.807) is 18.6 Å². The molecule has 0 atom stereocenters. The molecule has 3 aromatic heterocycles. The molecule has 0 bridgehead atoms. The maximum atomic E-state index is 12.6. The Morgan fingerprint density at radius 2 is 2.23 bits per heavy atom. The highest BCUT2D eigenvalue weighted by Gasteiger charge is 2.24. The van der Waals surface area contributed by atoms with E-state index in [0.29, 0.717) is 16.6 Å². The minimum absolute atomic E-state index is 0.0329. The van der Waals surface area contributed by atoms with Crippen LogP contribution in [0, 0.1) is 5.92 Å². The number of fused-ring (bicyclic) bond motifs is 1. The number of thioether (sulfide) groups is 1. The predicted octanol–water partition coefficient (Wildman–Crippen LogP) is 3.40. The van der Waals surface area contributed by atoms with Crippen molar-refractivity contribution in [1.82, 2.24) is 15.0 Å². The van der Waals surface area contributed by atoms with Crippen molar-refractivity contribution in [3.8, 4) is 0 Å². The minimum Gasteiger partial charge on any atom is -0.481 e. The summed E-state index contributed by atoms with van der Waals surface area (Å²) in [5.74, 6) is -0.451. The number of hydrogen-bond acceptors (Lipinski definition) is 6. The van der Waals surface area contributed by atoms with Crippen LogP contribution in [-0.2, 0) is 11.2 Å². The minimum atomic E-state index is -0.886. The van der Waals surface area contributed by atoms with Crippen molar-refractivity contribution in [2.75, 3.05) is 11.1 Å². The lowest BCUT2D eigenvalue weighted by Gasteiger charge is -2.02. The van der Waals surface area contributed by atoms with Crippen LogP contribution in [0.1, 0.15) is 28.9 Å². The van der Waals surface area contributed by atoms with Crippen LogP contribution < -0.4 is 5.32 Å². The Morgan fingerprint density at radius 1 is 1.38 bits per heavy atom. The molecular weight excluding hydrogens is 372 g/mol. The molecule has 0 saturated heterocycles. The van der Waals surface area contributed by atoms with Crippen LogP contribution in [0.15, 0.2) is 28.9 Å². The number of rotatable bonds is 7. The third-order valence-electron chi connectivity index (χ3n) is 4.15. The van der Waals surface area contributed by atoms with Crippen LogP contribution >= 0.6 is 23.1 Å². The molecular formula is C17H16N4O3S2. The van der Waals surface area contributed by atoms with Gasteiger partial charge in [0.2, 0.25) is 0 Å². The zero-order valence-electron chi connectivity index (χ0n) is 13.7. The standard InChI is InChI=1S/C17H16N4O3S2/c22-13(23)8-25-14-7-20-17(26-14)21-16(24)11-6-19-15-10(11)3-4-18-12(15)5-9-1-2-9/h3-4,6-7,9,19H,1-2,5,8H2,(H,22,23)(H,20,21,24). The number of H-pyrrole nitrogens is 1. The van der Waals surface area contributed by atoms with Gasteiger partial charge in [-0.2, -0.15) is 0 Å². The first-order valence-corrected chi connectivity index (χ1v) is 9.97. The van der Waals surface area contributed by atoms with E-state index in [9.17, 15) is 9.59 Å². The molecule has 0 radical (unpaired) electrons. The summed E-state index contributed by atoms with van der Waals surface area (Å²) in [4.78, 5) is 35.0.